The van der Waals surface area contributed by atoms with E-state index < -0.39 is 5.82 Å². The molecule has 1 aliphatic heterocycles. The van der Waals surface area contributed by atoms with Crippen molar-refractivity contribution in [2.75, 3.05) is 20.2 Å². The van der Waals surface area contributed by atoms with Crippen molar-refractivity contribution in [2.45, 2.75) is 19.4 Å². The van der Waals surface area contributed by atoms with Gasteiger partial charge in [0.25, 0.3) is 5.91 Å². The number of likely N-dealkylation sites (tertiary alicyclic amines) is 1. The first-order valence-corrected chi connectivity index (χ1v) is 6.39. The Kier molecular flexibility index (Phi) is 4.04. The number of methoxy groups -OCH3 is 1. The zero-order chi connectivity index (χ0) is 14.0. The van der Waals surface area contributed by atoms with Crippen molar-refractivity contribution in [2.24, 2.45) is 11.7 Å². The Bertz CT molecular complexity index is 469. The maximum Gasteiger partial charge on any atom is 0.254 e. The summed E-state index contributed by atoms with van der Waals surface area (Å²) in [5.41, 5.74) is 6.25. The van der Waals surface area contributed by atoms with Crippen LogP contribution in [0.15, 0.2) is 18.2 Å². The highest BCUT2D eigenvalue weighted by Gasteiger charge is 2.26. The van der Waals surface area contributed by atoms with Gasteiger partial charge in [-0.15, -0.1) is 0 Å². The number of piperidine rings is 1. The van der Waals surface area contributed by atoms with Crippen LogP contribution in [0.25, 0.3) is 0 Å². The molecule has 2 rings (SSSR count). The van der Waals surface area contributed by atoms with Gasteiger partial charge in [0.1, 0.15) is 0 Å². The number of halogens is 1. The number of carbonyl (C=O) groups is 1. The van der Waals surface area contributed by atoms with Crippen molar-refractivity contribution in [3.8, 4) is 5.75 Å². The van der Waals surface area contributed by atoms with E-state index >= 15 is 0 Å². The molecule has 0 saturated carbocycles. The van der Waals surface area contributed by atoms with Gasteiger partial charge in [-0.05, 0) is 30.5 Å². The molecule has 0 bridgehead atoms. The normalized spacial score (nSPS) is 23.3. The molecule has 19 heavy (non-hydrogen) atoms. The lowest BCUT2D eigenvalue weighted by Gasteiger charge is -2.34. The smallest absolute Gasteiger partial charge is 0.254 e. The summed E-state index contributed by atoms with van der Waals surface area (Å²) in [6, 6.07) is 4.26. The van der Waals surface area contributed by atoms with Gasteiger partial charge in [0.15, 0.2) is 11.6 Å². The van der Waals surface area contributed by atoms with Crippen molar-refractivity contribution in [3.05, 3.63) is 29.6 Å². The Morgan fingerprint density at radius 1 is 1.47 bits per heavy atom. The van der Waals surface area contributed by atoms with Crippen LogP contribution in [0, 0.1) is 11.7 Å². The third-order valence-corrected chi connectivity index (χ3v) is 3.38. The van der Waals surface area contributed by atoms with E-state index in [1.807, 2.05) is 0 Å². The van der Waals surface area contributed by atoms with Gasteiger partial charge in [-0.3, -0.25) is 4.79 Å². The summed E-state index contributed by atoms with van der Waals surface area (Å²) in [6.07, 6.45) is 0.917. The van der Waals surface area contributed by atoms with E-state index in [4.69, 9.17) is 10.5 Å². The van der Waals surface area contributed by atoms with Gasteiger partial charge in [-0.25, -0.2) is 4.39 Å². The molecule has 0 radical (unpaired) electrons. The van der Waals surface area contributed by atoms with E-state index in [2.05, 4.69) is 6.92 Å². The Hall–Kier alpha value is -1.62. The third-order valence-electron chi connectivity index (χ3n) is 3.38. The van der Waals surface area contributed by atoms with Crippen LogP contribution >= 0.6 is 0 Å². The van der Waals surface area contributed by atoms with Crippen LogP contribution in [0.3, 0.4) is 0 Å². The first kappa shape index (κ1) is 13.8. The largest absolute Gasteiger partial charge is 0.494 e. The summed E-state index contributed by atoms with van der Waals surface area (Å²) in [5.74, 6) is -0.192. The number of hydrogen-bond acceptors (Lipinski definition) is 3. The number of benzene rings is 1. The highest BCUT2D eigenvalue weighted by atomic mass is 19.1. The standard InChI is InChI=1S/C14H19FN2O2/c1-9-5-11(16)8-17(7-9)14(18)10-3-4-13(19-2)12(15)6-10/h3-4,6,9,11H,5,7-8,16H2,1-2H3. The number of rotatable bonds is 2. The van der Waals surface area contributed by atoms with E-state index in [9.17, 15) is 9.18 Å². The quantitative estimate of drug-likeness (QED) is 0.885. The molecule has 4 nitrogen and oxygen atoms in total. The SMILES string of the molecule is COc1ccc(C(=O)N2CC(C)CC(N)C2)cc1F. The lowest BCUT2D eigenvalue weighted by atomic mass is 9.96. The molecule has 1 aliphatic rings. The zero-order valence-corrected chi connectivity index (χ0v) is 11.2. The fourth-order valence-electron chi connectivity index (χ4n) is 2.55. The van der Waals surface area contributed by atoms with Crippen molar-refractivity contribution >= 4 is 5.91 Å². The molecule has 2 unspecified atom stereocenters. The average Bonchev–Trinajstić information content (AvgIpc) is 2.36. The van der Waals surface area contributed by atoms with E-state index in [0.717, 1.165) is 6.42 Å². The van der Waals surface area contributed by atoms with Gasteiger partial charge in [-0.1, -0.05) is 6.92 Å². The van der Waals surface area contributed by atoms with Crippen LogP contribution in [0.4, 0.5) is 4.39 Å². The van der Waals surface area contributed by atoms with Gasteiger partial charge in [0.2, 0.25) is 0 Å². The van der Waals surface area contributed by atoms with E-state index in [1.54, 1.807) is 11.0 Å². The first-order valence-electron chi connectivity index (χ1n) is 6.39. The predicted octanol–water partition coefficient (Wildman–Crippen LogP) is 1.64. The third kappa shape index (κ3) is 3.04. The monoisotopic (exact) mass is 266 g/mol. The number of hydrogen-bond donors (Lipinski definition) is 1. The zero-order valence-electron chi connectivity index (χ0n) is 11.2. The molecular weight excluding hydrogens is 247 g/mol. The first-order chi connectivity index (χ1) is 9.01. The van der Waals surface area contributed by atoms with Gasteiger partial charge in [0.05, 0.1) is 7.11 Å². The van der Waals surface area contributed by atoms with Crippen molar-refractivity contribution in [1.82, 2.24) is 4.90 Å². The van der Waals surface area contributed by atoms with Crippen molar-refractivity contribution < 1.29 is 13.9 Å². The van der Waals surface area contributed by atoms with Gasteiger partial charge < -0.3 is 15.4 Å². The van der Waals surface area contributed by atoms with Crippen LogP contribution in [-0.2, 0) is 0 Å². The van der Waals surface area contributed by atoms with Crippen LogP contribution in [-0.4, -0.2) is 37.0 Å². The van der Waals surface area contributed by atoms with Crippen LogP contribution < -0.4 is 10.5 Å². The molecule has 2 N–H and O–H groups in total. The Morgan fingerprint density at radius 2 is 2.21 bits per heavy atom. The predicted molar refractivity (Wildman–Crippen MR) is 70.6 cm³/mol. The van der Waals surface area contributed by atoms with Gasteiger partial charge >= 0.3 is 0 Å². The fourth-order valence-corrected chi connectivity index (χ4v) is 2.55. The lowest BCUT2D eigenvalue weighted by molar-refractivity contribution is 0.0660. The highest BCUT2D eigenvalue weighted by Crippen LogP contribution is 2.21. The Morgan fingerprint density at radius 3 is 2.79 bits per heavy atom. The van der Waals surface area contributed by atoms with Crippen LogP contribution in [0.1, 0.15) is 23.7 Å². The molecule has 104 valence electrons. The summed E-state index contributed by atoms with van der Waals surface area (Å²) in [5, 5.41) is 0. The van der Waals surface area contributed by atoms with E-state index in [-0.39, 0.29) is 17.7 Å². The molecule has 1 aromatic rings. The van der Waals surface area contributed by atoms with Gasteiger partial charge in [0, 0.05) is 24.7 Å². The molecule has 5 heteroatoms. The second kappa shape index (κ2) is 5.57. The fraction of sp³-hybridized carbons (Fsp3) is 0.500. The Balaban J connectivity index is 2.17. The number of amides is 1. The molecular formula is C14H19FN2O2. The average molecular weight is 266 g/mol. The summed E-state index contributed by atoms with van der Waals surface area (Å²) in [6.45, 7) is 3.25. The molecule has 0 aromatic heterocycles. The second-order valence-electron chi connectivity index (χ2n) is 5.16. The van der Waals surface area contributed by atoms with Crippen LogP contribution in [0.2, 0.25) is 0 Å². The van der Waals surface area contributed by atoms with E-state index in [0.29, 0.717) is 24.6 Å². The van der Waals surface area contributed by atoms with Crippen LogP contribution in [0.5, 0.6) is 5.75 Å². The molecule has 0 spiro atoms. The van der Waals surface area contributed by atoms with E-state index in [1.165, 1.54) is 19.2 Å². The second-order valence-corrected chi connectivity index (χ2v) is 5.16. The number of nitrogens with two attached hydrogens (primary N) is 1. The molecule has 2 atom stereocenters. The topological polar surface area (TPSA) is 55.6 Å². The Labute approximate surface area is 112 Å². The maximum atomic E-state index is 13.6. The molecule has 1 amide bonds. The van der Waals surface area contributed by atoms with Crippen molar-refractivity contribution in [1.29, 1.82) is 0 Å². The molecule has 1 saturated heterocycles. The number of carbonyl (C=O) groups excluding carboxylic acids is 1. The number of ether oxygens (including phenoxy) is 1. The summed E-state index contributed by atoms with van der Waals surface area (Å²) in [4.78, 5) is 14.0. The minimum atomic E-state index is -0.525. The lowest BCUT2D eigenvalue weighted by Crippen LogP contribution is -2.48. The summed E-state index contributed by atoms with van der Waals surface area (Å²) in [7, 11) is 1.39. The summed E-state index contributed by atoms with van der Waals surface area (Å²) < 4.78 is 18.5. The number of nitrogens with zero attached hydrogens (tertiary/aromatic N) is 1. The molecule has 1 heterocycles. The highest BCUT2D eigenvalue weighted by molar-refractivity contribution is 5.94. The maximum absolute atomic E-state index is 13.6. The molecule has 1 aromatic carbocycles. The minimum Gasteiger partial charge on any atom is -0.494 e. The minimum absolute atomic E-state index is 0.00389. The van der Waals surface area contributed by atoms with Crippen molar-refractivity contribution in [3.63, 3.8) is 0 Å². The molecule has 0 aliphatic carbocycles. The molecule has 1 fully saturated rings. The summed E-state index contributed by atoms with van der Waals surface area (Å²) >= 11 is 0. The van der Waals surface area contributed by atoms with Gasteiger partial charge in [-0.2, -0.15) is 0 Å².